The molecule has 0 radical (unpaired) electrons. The van der Waals surface area contributed by atoms with E-state index >= 15 is 0 Å². The third-order valence-electron chi connectivity index (χ3n) is 4.95. The maximum absolute atomic E-state index is 13.1. The van der Waals surface area contributed by atoms with Crippen LogP contribution in [0, 0.1) is 23.7 Å². The van der Waals surface area contributed by atoms with Gasteiger partial charge in [-0.15, -0.1) is 5.10 Å². The zero-order valence-corrected chi connectivity index (χ0v) is 14.1. The predicted octanol–water partition coefficient (Wildman–Crippen LogP) is 2.81. The van der Waals surface area contributed by atoms with Crippen molar-refractivity contribution in [2.45, 2.75) is 6.42 Å². The first-order valence-electron chi connectivity index (χ1n) is 8.09. The molecule has 128 valence electrons. The number of aromatic nitrogens is 3. The van der Waals surface area contributed by atoms with Gasteiger partial charge in [0.05, 0.1) is 17.4 Å². The van der Waals surface area contributed by atoms with Crippen LogP contribution in [-0.4, -0.2) is 33.5 Å². The highest BCUT2D eigenvalue weighted by atomic mass is 35.5. The van der Waals surface area contributed by atoms with E-state index in [1.165, 1.54) is 4.68 Å². The molecule has 0 spiro atoms. The van der Waals surface area contributed by atoms with Crippen LogP contribution in [0.3, 0.4) is 0 Å². The Morgan fingerprint density at radius 1 is 1.24 bits per heavy atom. The zero-order valence-electron chi connectivity index (χ0n) is 13.3. The molecule has 1 heterocycles. The first-order valence-corrected chi connectivity index (χ1v) is 8.47. The lowest BCUT2D eigenvalue weighted by molar-refractivity contribution is -0.149. The largest absolute Gasteiger partial charge is 0.460 e. The van der Waals surface area contributed by atoms with Crippen LogP contribution in [0.4, 0.5) is 0 Å². The summed E-state index contributed by atoms with van der Waals surface area (Å²) in [6.45, 7) is 3.47. The quantitative estimate of drug-likeness (QED) is 0.621. The summed E-state index contributed by atoms with van der Waals surface area (Å²) in [7, 11) is 0. The average molecular weight is 358 g/mol. The van der Waals surface area contributed by atoms with Gasteiger partial charge < -0.3 is 4.74 Å². The smallest absolute Gasteiger partial charge is 0.310 e. The predicted molar refractivity (Wildman–Crippen MR) is 91.8 cm³/mol. The first-order chi connectivity index (χ1) is 12.1. The molecule has 0 unspecified atom stereocenters. The number of carbonyl (C=O) groups is 2. The van der Waals surface area contributed by atoms with Crippen LogP contribution >= 0.6 is 11.6 Å². The van der Waals surface area contributed by atoms with Gasteiger partial charge in [0, 0.05) is 5.03 Å². The Hall–Kier alpha value is -2.47. The molecular formula is C18H16ClN3O3. The van der Waals surface area contributed by atoms with E-state index in [-0.39, 0.29) is 29.4 Å². The van der Waals surface area contributed by atoms with Crippen molar-refractivity contribution in [1.29, 1.82) is 0 Å². The van der Waals surface area contributed by atoms with Gasteiger partial charge in [0.15, 0.2) is 0 Å². The summed E-state index contributed by atoms with van der Waals surface area (Å²) in [5, 5.41) is 8.28. The lowest BCUT2D eigenvalue weighted by Crippen LogP contribution is -2.37. The van der Waals surface area contributed by atoms with Gasteiger partial charge in [-0.05, 0) is 30.4 Å². The fourth-order valence-corrected chi connectivity index (χ4v) is 3.95. The Balaban J connectivity index is 1.65. The van der Waals surface area contributed by atoms with Crippen LogP contribution in [0.1, 0.15) is 11.2 Å². The molecule has 2 aromatic rings. The first kappa shape index (κ1) is 16.0. The minimum Gasteiger partial charge on any atom is -0.460 e. The molecule has 1 aromatic heterocycles. The van der Waals surface area contributed by atoms with E-state index in [2.05, 4.69) is 16.9 Å². The van der Waals surface area contributed by atoms with E-state index in [0.29, 0.717) is 11.0 Å². The second-order valence-electron chi connectivity index (χ2n) is 6.45. The SMILES string of the molecule is C=C(Cl)COC(=O)[C@@H]1[C@@H](C(=O)n2nnc3ccccc32)[C@H]2C=C[C@H]1C2. The van der Waals surface area contributed by atoms with E-state index in [0.717, 1.165) is 6.42 Å². The van der Waals surface area contributed by atoms with Crippen LogP contribution in [0.5, 0.6) is 0 Å². The molecule has 2 bridgehead atoms. The van der Waals surface area contributed by atoms with E-state index in [1.807, 2.05) is 24.3 Å². The molecule has 0 N–H and O–H groups in total. The summed E-state index contributed by atoms with van der Waals surface area (Å²) in [5.41, 5.74) is 1.28. The van der Waals surface area contributed by atoms with Crippen molar-refractivity contribution in [2.75, 3.05) is 6.61 Å². The van der Waals surface area contributed by atoms with Gasteiger partial charge in [0.25, 0.3) is 5.91 Å². The lowest BCUT2D eigenvalue weighted by Gasteiger charge is -2.25. The Labute approximate surface area is 149 Å². The molecule has 0 amide bonds. The second-order valence-corrected chi connectivity index (χ2v) is 6.99. The number of nitrogens with zero attached hydrogens (tertiary/aromatic N) is 3. The summed E-state index contributed by atoms with van der Waals surface area (Å²) in [5.74, 6) is -1.65. The average Bonchev–Trinajstić information content (AvgIpc) is 3.32. The molecule has 25 heavy (non-hydrogen) atoms. The minimum atomic E-state index is -0.526. The summed E-state index contributed by atoms with van der Waals surface area (Å²) in [6, 6.07) is 7.25. The third kappa shape index (κ3) is 2.66. The van der Waals surface area contributed by atoms with Gasteiger partial charge in [-0.1, -0.05) is 47.7 Å². The molecular weight excluding hydrogens is 342 g/mol. The number of ether oxygens (including phenoxy) is 1. The van der Waals surface area contributed by atoms with Gasteiger partial charge in [0.2, 0.25) is 0 Å². The maximum Gasteiger partial charge on any atom is 0.310 e. The summed E-state index contributed by atoms with van der Waals surface area (Å²) in [4.78, 5) is 25.7. The zero-order chi connectivity index (χ0) is 17.6. The van der Waals surface area contributed by atoms with Crippen molar-refractivity contribution < 1.29 is 14.3 Å². The van der Waals surface area contributed by atoms with Crippen molar-refractivity contribution in [3.63, 3.8) is 0 Å². The number of benzene rings is 1. The van der Waals surface area contributed by atoms with Gasteiger partial charge in [0.1, 0.15) is 12.1 Å². The molecule has 2 aliphatic rings. The number of allylic oxidation sites excluding steroid dienone is 2. The number of fused-ring (bicyclic) bond motifs is 3. The van der Waals surface area contributed by atoms with Gasteiger partial charge in [-0.3, -0.25) is 9.59 Å². The van der Waals surface area contributed by atoms with E-state index in [4.69, 9.17) is 16.3 Å². The standard InChI is InChI=1S/C18H16ClN3O3/c1-10(19)9-25-18(24)16-12-7-6-11(8-12)15(16)17(23)22-14-5-3-2-4-13(14)20-21-22/h2-7,11-12,15-16H,1,8-9H2/t11-,12-,15-,16-/m0/s1. The molecule has 0 aliphatic heterocycles. The molecule has 2 aliphatic carbocycles. The van der Waals surface area contributed by atoms with Crippen molar-refractivity contribution in [2.24, 2.45) is 23.7 Å². The topological polar surface area (TPSA) is 74.1 Å². The molecule has 4 atom stereocenters. The normalized spacial score (nSPS) is 26.9. The van der Waals surface area contributed by atoms with Gasteiger partial charge in [-0.2, -0.15) is 4.68 Å². The number of para-hydroxylation sites is 1. The summed E-state index contributed by atoms with van der Waals surface area (Å²) < 4.78 is 6.52. The van der Waals surface area contributed by atoms with Crippen LogP contribution in [0.2, 0.25) is 0 Å². The van der Waals surface area contributed by atoms with Crippen molar-refractivity contribution >= 4 is 34.5 Å². The van der Waals surface area contributed by atoms with Crippen molar-refractivity contribution in [3.05, 3.63) is 48.0 Å². The second kappa shape index (κ2) is 6.11. The molecule has 0 saturated heterocycles. The van der Waals surface area contributed by atoms with Crippen LogP contribution < -0.4 is 0 Å². The number of halogens is 1. The minimum absolute atomic E-state index is 0.00447. The van der Waals surface area contributed by atoms with Gasteiger partial charge in [-0.25, -0.2) is 0 Å². The third-order valence-corrected chi connectivity index (χ3v) is 5.06. The molecule has 1 fully saturated rings. The van der Waals surface area contributed by atoms with Crippen LogP contribution in [0.25, 0.3) is 11.0 Å². The van der Waals surface area contributed by atoms with E-state index < -0.39 is 17.8 Å². The van der Waals surface area contributed by atoms with E-state index in [1.54, 1.807) is 12.1 Å². The molecule has 1 aromatic carbocycles. The lowest BCUT2D eigenvalue weighted by atomic mass is 9.82. The number of hydrogen-bond donors (Lipinski definition) is 0. The summed E-state index contributed by atoms with van der Waals surface area (Å²) >= 11 is 5.68. The molecule has 4 rings (SSSR count). The fourth-order valence-electron chi connectivity index (χ4n) is 3.90. The monoisotopic (exact) mass is 357 g/mol. The van der Waals surface area contributed by atoms with Crippen molar-refractivity contribution in [3.8, 4) is 0 Å². The molecule has 7 heteroatoms. The van der Waals surface area contributed by atoms with E-state index in [9.17, 15) is 9.59 Å². The van der Waals surface area contributed by atoms with Crippen molar-refractivity contribution in [1.82, 2.24) is 15.0 Å². The highest BCUT2D eigenvalue weighted by molar-refractivity contribution is 6.29. The highest BCUT2D eigenvalue weighted by Crippen LogP contribution is 2.49. The Bertz CT molecular complexity index is 904. The fraction of sp³-hybridized carbons (Fsp3) is 0.333. The van der Waals surface area contributed by atoms with Gasteiger partial charge >= 0.3 is 5.97 Å². The molecule has 1 saturated carbocycles. The Morgan fingerprint density at radius 2 is 1.96 bits per heavy atom. The van der Waals surface area contributed by atoms with Crippen LogP contribution in [0.15, 0.2) is 48.0 Å². The maximum atomic E-state index is 13.1. The Kier molecular flexibility index (Phi) is 3.92. The van der Waals surface area contributed by atoms with Crippen LogP contribution in [-0.2, 0) is 9.53 Å². The number of rotatable bonds is 4. The molecule has 6 nitrogen and oxygen atoms in total. The number of esters is 1. The number of carbonyl (C=O) groups excluding carboxylic acids is 2. The highest BCUT2D eigenvalue weighted by Gasteiger charge is 2.53. The Morgan fingerprint density at radius 3 is 2.72 bits per heavy atom. The summed E-state index contributed by atoms with van der Waals surface area (Å²) in [6.07, 6.45) is 4.77. The number of hydrogen-bond acceptors (Lipinski definition) is 5.